The Bertz CT molecular complexity index is 990. The summed E-state index contributed by atoms with van der Waals surface area (Å²) in [5.41, 5.74) is 4.63. The number of hydrogen-bond donors (Lipinski definition) is 2. The maximum absolute atomic E-state index is 13.2. The van der Waals surface area contributed by atoms with Crippen LogP contribution in [-0.4, -0.2) is 23.9 Å². The van der Waals surface area contributed by atoms with E-state index in [1.807, 2.05) is 0 Å². The molecule has 0 saturated heterocycles. The SMILES string of the molecule is CCc1ccc(C2CC(=O)C3=C(C2)NC(=O)CC3c2ccc(O)c(OC)c2)cc1. The van der Waals surface area contributed by atoms with Crippen molar-refractivity contribution in [3.63, 3.8) is 0 Å². The van der Waals surface area contributed by atoms with Crippen LogP contribution in [0.1, 0.15) is 54.7 Å². The summed E-state index contributed by atoms with van der Waals surface area (Å²) in [6.45, 7) is 2.12. The number of phenols is 1. The molecule has 2 aromatic carbocycles. The Balaban J connectivity index is 1.69. The molecule has 4 rings (SSSR count). The van der Waals surface area contributed by atoms with Gasteiger partial charge in [-0.3, -0.25) is 9.59 Å². The van der Waals surface area contributed by atoms with Gasteiger partial charge in [-0.15, -0.1) is 0 Å². The Morgan fingerprint density at radius 2 is 1.76 bits per heavy atom. The van der Waals surface area contributed by atoms with E-state index in [4.69, 9.17) is 4.74 Å². The van der Waals surface area contributed by atoms with Gasteiger partial charge in [0.05, 0.1) is 7.11 Å². The highest BCUT2D eigenvalue weighted by atomic mass is 16.5. The molecule has 0 radical (unpaired) electrons. The second-order valence-electron chi connectivity index (χ2n) is 7.75. The third-order valence-electron chi connectivity index (χ3n) is 6.00. The van der Waals surface area contributed by atoms with Gasteiger partial charge in [-0.25, -0.2) is 0 Å². The van der Waals surface area contributed by atoms with Gasteiger partial charge in [0.25, 0.3) is 0 Å². The van der Waals surface area contributed by atoms with Crippen molar-refractivity contribution in [2.45, 2.75) is 44.4 Å². The molecule has 2 unspecified atom stereocenters. The lowest BCUT2D eigenvalue weighted by atomic mass is 9.73. The molecule has 2 aliphatic rings. The molecular formula is C24H25NO4. The van der Waals surface area contributed by atoms with Crippen LogP contribution in [0.4, 0.5) is 0 Å². The number of rotatable bonds is 4. The van der Waals surface area contributed by atoms with Crippen LogP contribution >= 0.6 is 0 Å². The summed E-state index contributed by atoms with van der Waals surface area (Å²) in [6, 6.07) is 13.4. The van der Waals surface area contributed by atoms with Gasteiger partial charge in [-0.05, 0) is 47.6 Å². The van der Waals surface area contributed by atoms with E-state index in [9.17, 15) is 14.7 Å². The molecule has 0 bridgehead atoms. The number of phenolic OH excluding ortho intramolecular Hbond substituents is 1. The number of carbonyl (C=O) groups excluding carboxylic acids is 2. The first kappa shape index (κ1) is 19.2. The van der Waals surface area contributed by atoms with Gasteiger partial charge in [-0.2, -0.15) is 0 Å². The molecule has 1 amide bonds. The summed E-state index contributed by atoms with van der Waals surface area (Å²) in [7, 11) is 1.48. The molecule has 0 spiro atoms. The Kier molecular flexibility index (Phi) is 5.14. The predicted octanol–water partition coefficient (Wildman–Crippen LogP) is 3.97. The minimum atomic E-state index is -0.316. The number of allylic oxidation sites excluding steroid dienone is 2. The van der Waals surface area contributed by atoms with Gasteiger partial charge in [0.1, 0.15) is 0 Å². The van der Waals surface area contributed by atoms with Crippen molar-refractivity contribution >= 4 is 11.7 Å². The van der Waals surface area contributed by atoms with Crippen LogP contribution in [0.5, 0.6) is 11.5 Å². The lowest BCUT2D eigenvalue weighted by molar-refractivity contribution is -0.122. The van der Waals surface area contributed by atoms with Crippen molar-refractivity contribution in [3.05, 3.63) is 70.4 Å². The number of Topliss-reactive ketones (excluding diaryl/α,β-unsaturated/α-hetero) is 1. The highest BCUT2D eigenvalue weighted by molar-refractivity contribution is 6.02. The van der Waals surface area contributed by atoms with Crippen LogP contribution in [0.3, 0.4) is 0 Å². The molecule has 0 fully saturated rings. The number of ether oxygens (including phenoxy) is 1. The van der Waals surface area contributed by atoms with E-state index in [1.165, 1.54) is 12.7 Å². The zero-order valence-electron chi connectivity index (χ0n) is 16.7. The average Bonchev–Trinajstić information content (AvgIpc) is 2.73. The first-order chi connectivity index (χ1) is 14.0. The van der Waals surface area contributed by atoms with E-state index in [2.05, 4.69) is 36.5 Å². The minimum absolute atomic E-state index is 0.0382. The maximum atomic E-state index is 13.2. The smallest absolute Gasteiger partial charge is 0.225 e. The van der Waals surface area contributed by atoms with Crippen molar-refractivity contribution in [3.8, 4) is 11.5 Å². The Hall–Kier alpha value is -3.08. The van der Waals surface area contributed by atoms with Gasteiger partial charge < -0.3 is 15.2 Å². The largest absolute Gasteiger partial charge is 0.504 e. The minimum Gasteiger partial charge on any atom is -0.504 e. The normalized spacial score (nSPS) is 21.6. The molecule has 1 aliphatic heterocycles. The molecule has 150 valence electrons. The zero-order valence-corrected chi connectivity index (χ0v) is 16.7. The van der Waals surface area contributed by atoms with Crippen molar-refractivity contribution < 1.29 is 19.4 Å². The third-order valence-corrected chi connectivity index (χ3v) is 6.00. The summed E-state index contributed by atoms with van der Waals surface area (Å²) in [5, 5.41) is 12.8. The first-order valence-electron chi connectivity index (χ1n) is 10.0. The number of amides is 1. The number of carbonyl (C=O) groups is 2. The van der Waals surface area contributed by atoms with Crippen molar-refractivity contribution in [2.75, 3.05) is 7.11 Å². The predicted molar refractivity (Wildman–Crippen MR) is 110 cm³/mol. The highest BCUT2D eigenvalue weighted by Gasteiger charge is 2.38. The van der Waals surface area contributed by atoms with Crippen LogP contribution in [-0.2, 0) is 16.0 Å². The molecule has 0 aromatic heterocycles. The molecule has 2 N–H and O–H groups in total. The van der Waals surface area contributed by atoms with Gasteiger partial charge in [0.15, 0.2) is 17.3 Å². The van der Waals surface area contributed by atoms with Crippen LogP contribution in [0.15, 0.2) is 53.7 Å². The Labute approximate surface area is 170 Å². The molecule has 1 heterocycles. The highest BCUT2D eigenvalue weighted by Crippen LogP contribution is 2.43. The lowest BCUT2D eigenvalue weighted by Gasteiger charge is -2.34. The molecule has 5 nitrogen and oxygen atoms in total. The monoisotopic (exact) mass is 391 g/mol. The fourth-order valence-electron chi connectivity index (χ4n) is 4.42. The Morgan fingerprint density at radius 1 is 1.03 bits per heavy atom. The van der Waals surface area contributed by atoms with Crippen molar-refractivity contribution in [1.82, 2.24) is 5.32 Å². The van der Waals surface area contributed by atoms with Crippen LogP contribution in [0.2, 0.25) is 0 Å². The van der Waals surface area contributed by atoms with E-state index < -0.39 is 0 Å². The molecule has 2 atom stereocenters. The van der Waals surface area contributed by atoms with Crippen LogP contribution in [0, 0.1) is 0 Å². The van der Waals surface area contributed by atoms with Crippen molar-refractivity contribution in [2.24, 2.45) is 0 Å². The van der Waals surface area contributed by atoms with Gasteiger partial charge >= 0.3 is 0 Å². The maximum Gasteiger partial charge on any atom is 0.225 e. The first-order valence-corrected chi connectivity index (χ1v) is 10.0. The number of methoxy groups -OCH3 is 1. The third kappa shape index (κ3) is 3.65. The fraction of sp³-hybridized carbons (Fsp3) is 0.333. The summed E-state index contributed by atoms with van der Waals surface area (Å²) in [4.78, 5) is 25.6. The quantitative estimate of drug-likeness (QED) is 0.827. The molecular weight excluding hydrogens is 366 g/mol. The molecule has 29 heavy (non-hydrogen) atoms. The average molecular weight is 391 g/mol. The van der Waals surface area contributed by atoms with E-state index >= 15 is 0 Å². The number of aromatic hydroxyl groups is 1. The van der Waals surface area contributed by atoms with Crippen molar-refractivity contribution in [1.29, 1.82) is 0 Å². The molecule has 5 heteroatoms. The number of ketones is 1. The number of aryl methyl sites for hydroxylation is 1. The van der Waals surface area contributed by atoms with E-state index in [0.29, 0.717) is 24.2 Å². The van der Waals surface area contributed by atoms with Gasteiger partial charge in [0, 0.05) is 30.0 Å². The molecule has 0 saturated carbocycles. The fourth-order valence-corrected chi connectivity index (χ4v) is 4.42. The number of benzene rings is 2. The summed E-state index contributed by atoms with van der Waals surface area (Å²) in [6.07, 6.45) is 2.28. The number of nitrogens with one attached hydrogen (secondary N) is 1. The van der Waals surface area contributed by atoms with Crippen LogP contribution in [0.25, 0.3) is 0 Å². The molecule has 2 aromatic rings. The second kappa shape index (κ2) is 7.74. The van der Waals surface area contributed by atoms with E-state index in [-0.39, 0.29) is 35.7 Å². The van der Waals surface area contributed by atoms with Gasteiger partial charge in [0.2, 0.25) is 5.91 Å². The Morgan fingerprint density at radius 3 is 2.45 bits per heavy atom. The summed E-state index contributed by atoms with van der Waals surface area (Å²) >= 11 is 0. The zero-order chi connectivity index (χ0) is 20.5. The van der Waals surface area contributed by atoms with E-state index in [1.54, 1.807) is 18.2 Å². The lowest BCUT2D eigenvalue weighted by Crippen LogP contribution is -2.38. The standard InChI is InChI=1S/C24H25NO4/c1-3-14-4-6-15(7-5-14)17-10-19-24(21(27)11-17)18(13-23(28)25-19)16-8-9-20(26)22(12-16)29-2/h4-9,12,17-18,26H,3,10-11,13H2,1-2H3,(H,25,28). The second-order valence-corrected chi connectivity index (χ2v) is 7.75. The van der Waals surface area contributed by atoms with E-state index in [0.717, 1.165) is 23.2 Å². The topological polar surface area (TPSA) is 75.6 Å². The molecule has 1 aliphatic carbocycles. The summed E-state index contributed by atoms with van der Waals surface area (Å²) in [5.74, 6) is 0.122. The number of hydrogen-bond acceptors (Lipinski definition) is 4. The van der Waals surface area contributed by atoms with Gasteiger partial charge in [-0.1, -0.05) is 37.3 Å². The summed E-state index contributed by atoms with van der Waals surface area (Å²) < 4.78 is 5.21. The van der Waals surface area contributed by atoms with Crippen LogP contribution < -0.4 is 10.1 Å².